The molecule has 0 N–H and O–H groups in total. The van der Waals surface area contributed by atoms with Crippen LogP contribution in [0.4, 0.5) is 13.2 Å². The number of hydrogen-bond acceptors (Lipinski definition) is 1. The van der Waals surface area contributed by atoms with E-state index in [1.165, 1.54) is 0 Å². The summed E-state index contributed by atoms with van der Waals surface area (Å²) in [6.45, 7) is 2.78. The Balaban J connectivity index is 2.74. The molecule has 0 aliphatic heterocycles. The number of aryl methyl sites for hydroxylation is 1. The summed E-state index contributed by atoms with van der Waals surface area (Å²) in [6, 6.07) is 6.81. The van der Waals surface area contributed by atoms with Crippen molar-refractivity contribution in [2.24, 2.45) is 0 Å². The quantitative estimate of drug-likeness (QED) is 0.693. The van der Waals surface area contributed by atoms with Crippen LogP contribution >= 0.6 is 11.8 Å². The van der Waals surface area contributed by atoms with Gasteiger partial charge in [-0.1, -0.05) is 29.5 Å². The molecular weight excluding hydrogens is 209 g/mol. The molecule has 0 fully saturated rings. The predicted octanol–water partition coefficient (Wildman–Crippen LogP) is 4.04. The molecular formula is C10H11F3S. The smallest absolute Gasteiger partial charge is 0.226 e. The third-order valence-corrected chi connectivity index (χ3v) is 2.81. The van der Waals surface area contributed by atoms with Crippen LogP contribution in [0.3, 0.4) is 0 Å². The van der Waals surface area contributed by atoms with E-state index < -0.39 is 11.4 Å². The first-order valence-corrected chi connectivity index (χ1v) is 4.96. The van der Waals surface area contributed by atoms with Crippen molar-refractivity contribution >= 4 is 11.8 Å². The van der Waals surface area contributed by atoms with E-state index in [4.69, 9.17) is 0 Å². The molecule has 4 heteroatoms. The molecule has 1 rings (SSSR count). The zero-order valence-electron chi connectivity index (χ0n) is 7.93. The standard InChI is InChI=1S/C10H11F3S/c1-7-3-5-8(6-4-7)14-10(2,13)9(11)12/h3-6,9H,1-2H3. The van der Waals surface area contributed by atoms with Crippen LogP contribution in [0.25, 0.3) is 0 Å². The largest absolute Gasteiger partial charge is 0.281 e. The van der Waals surface area contributed by atoms with E-state index in [0.29, 0.717) is 16.7 Å². The predicted molar refractivity (Wildman–Crippen MR) is 52.6 cm³/mol. The minimum atomic E-state index is -2.98. The van der Waals surface area contributed by atoms with Crippen LogP contribution in [0.5, 0.6) is 0 Å². The second-order valence-electron chi connectivity index (χ2n) is 3.20. The summed E-state index contributed by atoms with van der Waals surface area (Å²) in [5, 5.41) is -2.52. The molecule has 0 spiro atoms. The van der Waals surface area contributed by atoms with Crippen LogP contribution in [0.1, 0.15) is 12.5 Å². The normalized spacial score (nSPS) is 15.6. The van der Waals surface area contributed by atoms with Gasteiger partial charge in [0.25, 0.3) is 6.43 Å². The summed E-state index contributed by atoms with van der Waals surface area (Å²) in [6.07, 6.45) is -2.98. The Morgan fingerprint density at radius 1 is 1.21 bits per heavy atom. The Morgan fingerprint density at radius 3 is 2.14 bits per heavy atom. The molecule has 0 aliphatic rings. The van der Waals surface area contributed by atoms with Crippen molar-refractivity contribution in [3.63, 3.8) is 0 Å². The zero-order valence-corrected chi connectivity index (χ0v) is 8.75. The molecule has 0 amide bonds. The third-order valence-electron chi connectivity index (χ3n) is 1.73. The van der Waals surface area contributed by atoms with Gasteiger partial charge < -0.3 is 0 Å². The first kappa shape index (κ1) is 11.4. The van der Waals surface area contributed by atoms with Crippen LogP contribution < -0.4 is 0 Å². The van der Waals surface area contributed by atoms with Gasteiger partial charge in [-0.05, 0) is 26.0 Å². The molecule has 1 aromatic carbocycles. The Hall–Kier alpha value is -0.640. The summed E-state index contributed by atoms with van der Waals surface area (Å²) < 4.78 is 37.6. The average molecular weight is 220 g/mol. The number of alkyl halides is 3. The minimum absolute atomic E-state index is 0.515. The maximum Gasteiger partial charge on any atom is 0.281 e. The van der Waals surface area contributed by atoms with E-state index in [1.807, 2.05) is 6.92 Å². The molecule has 78 valence electrons. The first-order chi connectivity index (χ1) is 6.42. The molecule has 0 aromatic heterocycles. The number of hydrogen-bond donors (Lipinski definition) is 0. The molecule has 0 bridgehead atoms. The van der Waals surface area contributed by atoms with Crippen molar-refractivity contribution in [2.45, 2.75) is 30.2 Å². The van der Waals surface area contributed by atoms with Gasteiger partial charge in [-0.3, -0.25) is 0 Å². The monoisotopic (exact) mass is 220 g/mol. The summed E-state index contributed by atoms with van der Waals surface area (Å²) in [5.41, 5.74) is 1.02. The highest BCUT2D eigenvalue weighted by Gasteiger charge is 2.36. The first-order valence-electron chi connectivity index (χ1n) is 4.14. The fourth-order valence-electron chi connectivity index (χ4n) is 0.881. The van der Waals surface area contributed by atoms with E-state index >= 15 is 0 Å². The van der Waals surface area contributed by atoms with E-state index in [1.54, 1.807) is 24.3 Å². The lowest BCUT2D eigenvalue weighted by atomic mass is 10.2. The molecule has 1 atom stereocenters. The summed E-state index contributed by atoms with van der Waals surface area (Å²) in [5.74, 6) is 0. The van der Waals surface area contributed by atoms with Gasteiger partial charge in [0.2, 0.25) is 5.00 Å². The Morgan fingerprint density at radius 2 is 1.71 bits per heavy atom. The number of halogens is 3. The second-order valence-corrected chi connectivity index (χ2v) is 4.68. The molecule has 1 aromatic rings. The number of benzene rings is 1. The van der Waals surface area contributed by atoms with Crippen LogP contribution in [0, 0.1) is 6.92 Å². The van der Waals surface area contributed by atoms with Crippen molar-refractivity contribution < 1.29 is 13.2 Å². The van der Waals surface area contributed by atoms with E-state index in [9.17, 15) is 13.2 Å². The third kappa shape index (κ3) is 2.94. The Kier molecular flexibility index (Phi) is 3.48. The van der Waals surface area contributed by atoms with Crippen molar-refractivity contribution in [1.29, 1.82) is 0 Å². The fourth-order valence-corrected chi connectivity index (χ4v) is 1.70. The lowest BCUT2D eigenvalue weighted by Gasteiger charge is -2.18. The zero-order chi connectivity index (χ0) is 10.8. The second kappa shape index (κ2) is 4.26. The molecule has 0 radical (unpaired) electrons. The highest BCUT2D eigenvalue weighted by molar-refractivity contribution is 8.00. The Labute approximate surface area is 85.5 Å². The van der Waals surface area contributed by atoms with Gasteiger partial charge in [0.1, 0.15) is 0 Å². The van der Waals surface area contributed by atoms with Crippen molar-refractivity contribution in [2.75, 3.05) is 0 Å². The van der Waals surface area contributed by atoms with Crippen LogP contribution in [0.15, 0.2) is 29.2 Å². The molecule has 0 heterocycles. The molecule has 0 nitrogen and oxygen atoms in total. The van der Waals surface area contributed by atoms with Crippen molar-refractivity contribution in [3.05, 3.63) is 29.8 Å². The number of thioether (sulfide) groups is 1. The van der Waals surface area contributed by atoms with E-state index in [2.05, 4.69) is 0 Å². The SMILES string of the molecule is Cc1ccc(SC(C)(F)C(F)F)cc1. The average Bonchev–Trinajstić information content (AvgIpc) is 2.08. The fraction of sp³-hybridized carbons (Fsp3) is 0.400. The molecule has 14 heavy (non-hydrogen) atoms. The molecule has 0 aliphatic carbocycles. The van der Waals surface area contributed by atoms with E-state index in [0.717, 1.165) is 12.5 Å². The number of rotatable bonds is 3. The van der Waals surface area contributed by atoms with Crippen molar-refractivity contribution in [1.82, 2.24) is 0 Å². The van der Waals surface area contributed by atoms with Gasteiger partial charge in [0, 0.05) is 4.90 Å². The molecule has 0 saturated carbocycles. The maximum atomic E-state index is 13.2. The van der Waals surface area contributed by atoms with Gasteiger partial charge in [0.05, 0.1) is 0 Å². The summed E-state index contributed by atoms with van der Waals surface area (Å²) in [4.78, 5) is 0.515. The van der Waals surface area contributed by atoms with Crippen LogP contribution in [0.2, 0.25) is 0 Å². The lowest BCUT2D eigenvalue weighted by Crippen LogP contribution is -2.23. The van der Waals surface area contributed by atoms with Crippen LogP contribution in [-0.2, 0) is 0 Å². The Bertz CT molecular complexity index is 293. The van der Waals surface area contributed by atoms with Gasteiger partial charge >= 0.3 is 0 Å². The lowest BCUT2D eigenvalue weighted by molar-refractivity contribution is 0.0385. The van der Waals surface area contributed by atoms with Gasteiger partial charge in [-0.2, -0.15) is 0 Å². The van der Waals surface area contributed by atoms with E-state index in [-0.39, 0.29) is 0 Å². The van der Waals surface area contributed by atoms with Gasteiger partial charge in [-0.15, -0.1) is 0 Å². The maximum absolute atomic E-state index is 13.2. The van der Waals surface area contributed by atoms with Gasteiger partial charge in [0.15, 0.2) is 0 Å². The van der Waals surface area contributed by atoms with Gasteiger partial charge in [-0.25, -0.2) is 13.2 Å². The molecule has 1 unspecified atom stereocenters. The minimum Gasteiger partial charge on any atom is -0.226 e. The highest BCUT2D eigenvalue weighted by atomic mass is 32.2. The summed E-state index contributed by atoms with van der Waals surface area (Å²) >= 11 is 0.546. The summed E-state index contributed by atoms with van der Waals surface area (Å²) in [7, 11) is 0. The molecule has 0 saturated heterocycles. The topological polar surface area (TPSA) is 0 Å². The highest BCUT2D eigenvalue weighted by Crippen LogP contribution is 2.38. The van der Waals surface area contributed by atoms with Crippen LogP contribution in [-0.4, -0.2) is 11.4 Å². The van der Waals surface area contributed by atoms with Crippen molar-refractivity contribution in [3.8, 4) is 0 Å².